The van der Waals surface area contributed by atoms with Crippen molar-refractivity contribution >= 4 is 17.7 Å². The Balaban J connectivity index is 1.81. The summed E-state index contributed by atoms with van der Waals surface area (Å²) < 4.78 is 0. The van der Waals surface area contributed by atoms with E-state index in [4.69, 9.17) is 0 Å². The molecule has 0 radical (unpaired) electrons. The van der Waals surface area contributed by atoms with Crippen LogP contribution < -0.4 is 5.32 Å². The minimum atomic E-state index is -0.0876. The summed E-state index contributed by atoms with van der Waals surface area (Å²) in [6, 6.07) is 20.3. The number of nitrogens with one attached hydrogen (secondary N) is 1. The first kappa shape index (κ1) is 15.6. The van der Waals surface area contributed by atoms with Crippen LogP contribution in [0.25, 0.3) is 0 Å². The first-order chi connectivity index (χ1) is 10.2. The number of carbonyl (C=O) groups excluding carboxylic acids is 1. The van der Waals surface area contributed by atoms with Gasteiger partial charge in [-0.15, -0.1) is 11.8 Å². The third kappa shape index (κ3) is 4.94. The minimum absolute atomic E-state index is 0.0876. The summed E-state index contributed by atoms with van der Waals surface area (Å²) in [7, 11) is 0. The van der Waals surface area contributed by atoms with Crippen LogP contribution in [0.4, 0.5) is 0 Å². The molecule has 2 rings (SSSR count). The van der Waals surface area contributed by atoms with Crippen LogP contribution in [-0.4, -0.2) is 17.7 Å². The highest BCUT2D eigenvalue weighted by Gasteiger charge is 2.15. The lowest BCUT2D eigenvalue weighted by molar-refractivity contribution is -0.120. The molecule has 21 heavy (non-hydrogen) atoms. The van der Waals surface area contributed by atoms with Gasteiger partial charge in [0, 0.05) is 11.4 Å². The van der Waals surface area contributed by atoms with Crippen molar-refractivity contribution in [3.05, 3.63) is 66.2 Å². The molecule has 2 aromatic rings. The standard InChI is InChI=1S/C18H21NOS/c1-14(16-9-5-3-6-10-16)13-19-18(20)15(2)21-17-11-7-4-8-12-17/h3-12,14-15H,13H2,1-2H3,(H,19,20). The number of amides is 1. The third-order valence-corrected chi connectivity index (χ3v) is 4.49. The number of hydrogen-bond donors (Lipinski definition) is 1. The second kappa shape index (κ2) is 7.89. The van der Waals surface area contributed by atoms with Crippen molar-refractivity contribution in [2.45, 2.75) is 29.9 Å². The van der Waals surface area contributed by atoms with E-state index in [1.165, 1.54) is 5.56 Å². The van der Waals surface area contributed by atoms with Gasteiger partial charge in [-0.3, -0.25) is 4.79 Å². The van der Waals surface area contributed by atoms with Gasteiger partial charge >= 0.3 is 0 Å². The van der Waals surface area contributed by atoms with Crippen LogP contribution >= 0.6 is 11.8 Å². The van der Waals surface area contributed by atoms with Crippen molar-refractivity contribution in [2.75, 3.05) is 6.54 Å². The van der Waals surface area contributed by atoms with E-state index >= 15 is 0 Å². The van der Waals surface area contributed by atoms with E-state index in [1.807, 2.05) is 55.5 Å². The SMILES string of the molecule is CC(Sc1ccccc1)C(=O)NCC(C)c1ccccc1. The van der Waals surface area contributed by atoms with Gasteiger partial charge in [0.1, 0.15) is 0 Å². The van der Waals surface area contributed by atoms with Crippen LogP contribution in [-0.2, 0) is 4.79 Å². The highest BCUT2D eigenvalue weighted by molar-refractivity contribution is 8.00. The number of benzene rings is 2. The Labute approximate surface area is 131 Å². The molecule has 0 saturated carbocycles. The fourth-order valence-corrected chi connectivity index (χ4v) is 2.97. The maximum atomic E-state index is 12.2. The maximum absolute atomic E-state index is 12.2. The summed E-state index contributed by atoms with van der Waals surface area (Å²) in [5.74, 6) is 0.413. The van der Waals surface area contributed by atoms with E-state index in [0.717, 1.165) is 4.90 Å². The summed E-state index contributed by atoms with van der Waals surface area (Å²) in [6.45, 7) is 4.74. The van der Waals surface area contributed by atoms with Crippen LogP contribution in [0.15, 0.2) is 65.6 Å². The topological polar surface area (TPSA) is 29.1 Å². The van der Waals surface area contributed by atoms with Crippen molar-refractivity contribution in [1.82, 2.24) is 5.32 Å². The molecule has 2 nitrogen and oxygen atoms in total. The van der Waals surface area contributed by atoms with Gasteiger partial charge in [0.2, 0.25) is 5.91 Å². The van der Waals surface area contributed by atoms with Gasteiger partial charge in [-0.2, -0.15) is 0 Å². The average Bonchev–Trinajstić information content (AvgIpc) is 2.54. The number of thioether (sulfide) groups is 1. The first-order valence-corrected chi connectivity index (χ1v) is 8.09. The molecule has 0 heterocycles. The predicted molar refractivity (Wildman–Crippen MR) is 89.6 cm³/mol. The molecule has 2 atom stereocenters. The fourth-order valence-electron chi connectivity index (χ4n) is 2.05. The van der Waals surface area contributed by atoms with Crippen molar-refractivity contribution < 1.29 is 4.79 Å². The average molecular weight is 299 g/mol. The quantitative estimate of drug-likeness (QED) is 0.814. The first-order valence-electron chi connectivity index (χ1n) is 7.21. The van der Waals surface area contributed by atoms with Crippen LogP contribution in [0.2, 0.25) is 0 Å². The monoisotopic (exact) mass is 299 g/mol. The Morgan fingerprint density at radius 3 is 2.19 bits per heavy atom. The molecule has 0 aliphatic rings. The molecule has 0 aliphatic carbocycles. The Kier molecular flexibility index (Phi) is 5.88. The molecule has 3 heteroatoms. The van der Waals surface area contributed by atoms with Crippen LogP contribution in [0.1, 0.15) is 25.3 Å². The lowest BCUT2D eigenvalue weighted by atomic mass is 10.0. The second-order valence-corrected chi connectivity index (χ2v) is 6.54. The van der Waals surface area contributed by atoms with E-state index in [9.17, 15) is 4.79 Å². The summed E-state index contributed by atoms with van der Waals surface area (Å²) in [5.41, 5.74) is 1.25. The molecule has 0 saturated heterocycles. The Morgan fingerprint density at radius 2 is 1.57 bits per heavy atom. The van der Waals surface area contributed by atoms with Crippen LogP contribution in [0, 0.1) is 0 Å². The summed E-state index contributed by atoms with van der Waals surface area (Å²) in [4.78, 5) is 13.3. The Morgan fingerprint density at radius 1 is 1.00 bits per heavy atom. The smallest absolute Gasteiger partial charge is 0.233 e. The minimum Gasteiger partial charge on any atom is -0.355 e. The molecule has 1 amide bonds. The zero-order valence-corrected chi connectivity index (χ0v) is 13.3. The van der Waals surface area contributed by atoms with Crippen LogP contribution in [0.3, 0.4) is 0 Å². The lowest BCUT2D eigenvalue weighted by Crippen LogP contribution is -2.33. The summed E-state index contributed by atoms with van der Waals surface area (Å²) in [5, 5.41) is 2.95. The fraction of sp³-hybridized carbons (Fsp3) is 0.278. The molecule has 2 unspecified atom stereocenters. The molecule has 2 aromatic carbocycles. The Hall–Kier alpha value is -1.74. The van der Waals surface area contributed by atoms with Crippen molar-refractivity contribution in [3.8, 4) is 0 Å². The molecular weight excluding hydrogens is 278 g/mol. The number of rotatable bonds is 6. The van der Waals surface area contributed by atoms with Gasteiger partial charge in [-0.25, -0.2) is 0 Å². The Bertz CT molecular complexity index is 556. The van der Waals surface area contributed by atoms with Crippen molar-refractivity contribution in [3.63, 3.8) is 0 Å². The molecule has 0 aliphatic heterocycles. The zero-order chi connectivity index (χ0) is 15.1. The third-order valence-electron chi connectivity index (χ3n) is 3.38. The molecule has 0 bridgehead atoms. The van der Waals surface area contributed by atoms with Gasteiger partial charge < -0.3 is 5.32 Å². The van der Waals surface area contributed by atoms with Crippen LogP contribution in [0.5, 0.6) is 0 Å². The molecule has 1 N–H and O–H groups in total. The summed E-state index contributed by atoms with van der Waals surface area (Å²) >= 11 is 1.59. The summed E-state index contributed by atoms with van der Waals surface area (Å²) in [6.07, 6.45) is 0. The lowest BCUT2D eigenvalue weighted by Gasteiger charge is -2.16. The highest BCUT2D eigenvalue weighted by atomic mass is 32.2. The van der Waals surface area contributed by atoms with Crippen molar-refractivity contribution in [2.24, 2.45) is 0 Å². The predicted octanol–water partition coefficient (Wildman–Crippen LogP) is 4.09. The van der Waals surface area contributed by atoms with E-state index in [2.05, 4.69) is 24.4 Å². The highest BCUT2D eigenvalue weighted by Crippen LogP contribution is 2.22. The van der Waals surface area contributed by atoms with Gasteiger partial charge in [-0.05, 0) is 30.5 Å². The van der Waals surface area contributed by atoms with Crippen molar-refractivity contribution in [1.29, 1.82) is 0 Å². The number of carbonyl (C=O) groups is 1. The zero-order valence-electron chi connectivity index (χ0n) is 12.5. The van der Waals surface area contributed by atoms with Gasteiger partial charge in [0.15, 0.2) is 0 Å². The maximum Gasteiger partial charge on any atom is 0.233 e. The molecular formula is C18H21NOS. The van der Waals surface area contributed by atoms with E-state index in [-0.39, 0.29) is 11.2 Å². The van der Waals surface area contributed by atoms with Gasteiger partial charge in [0.25, 0.3) is 0 Å². The molecule has 0 aromatic heterocycles. The molecule has 0 fully saturated rings. The molecule has 110 valence electrons. The second-order valence-electron chi connectivity index (χ2n) is 5.13. The molecule has 0 spiro atoms. The largest absolute Gasteiger partial charge is 0.355 e. The van der Waals surface area contributed by atoms with E-state index < -0.39 is 0 Å². The normalized spacial score (nSPS) is 13.4. The van der Waals surface area contributed by atoms with Gasteiger partial charge in [0.05, 0.1) is 5.25 Å². The van der Waals surface area contributed by atoms with E-state index in [1.54, 1.807) is 11.8 Å². The number of hydrogen-bond acceptors (Lipinski definition) is 2. The van der Waals surface area contributed by atoms with Gasteiger partial charge in [-0.1, -0.05) is 55.5 Å². The van der Waals surface area contributed by atoms with E-state index in [0.29, 0.717) is 12.5 Å².